The van der Waals surface area contributed by atoms with Crippen molar-refractivity contribution in [2.24, 2.45) is 0 Å². The highest BCUT2D eigenvalue weighted by Crippen LogP contribution is 2.45. The fraction of sp³-hybridized carbons (Fsp3) is 0.269. The van der Waals surface area contributed by atoms with Crippen molar-refractivity contribution in [3.63, 3.8) is 0 Å². The summed E-state index contributed by atoms with van der Waals surface area (Å²) in [4.78, 5) is 31.4. The first-order valence-electron chi connectivity index (χ1n) is 11.5. The quantitative estimate of drug-likeness (QED) is 0.416. The molecule has 35 heavy (non-hydrogen) atoms. The van der Waals surface area contributed by atoms with E-state index < -0.39 is 17.7 Å². The minimum Gasteiger partial charge on any atom is -0.491 e. The van der Waals surface area contributed by atoms with Gasteiger partial charge in [0.25, 0.3) is 5.91 Å². The molecule has 1 aliphatic carbocycles. The van der Waals surface area contributed by atoms with Gasteiger partial charge in [-0.1, -0.05) is 19.1 Å². The van der Waals surface area contributed by atoms with Crippen LogP contribution in [0.5, 0.6) is 11.5 Å². The molecule has 4 N–H and O–H groups in total. The molecule has 0 bridgehead atoms. The van der Waals surface area contributed by atoms with Crippen LogP contribution in [0.3, 0.4) is 0 Å². The van der Waals surface area contributed by atoms with Gasteiger partial charge in [0.05, 0.1) is 17.9 Å². The minimum atomic E-state index is -0.629. The summed E-state index contributed by atoms with van der Waals surface area (Å²) in [6, 6.07) is 9.87. The molecule has 1 fully saturated rings. The Morgan fingerprint density at radius 3 is 2.77 bits per heavy atom. The van der Waals surface area contributed by atoms with Gasteiger partial charge in [0.2, 0.25) is 0 Å². The molecule has 1 aliphatic heterocycles. The van der Waals surface area contributed by atoms with Crippen molar-refractivity contribution in [1.82, 2.24) is 4.98 Å². The average Bonchev–Trinajstić information content (AvgIpc) is 3.69. The van der Waals surface area contributed by atoms with Crippen molar-refractivity contribution in [2.45, 2.75) is 32.1 Å². The van der Waals surface area contributed by atoms with E-state index >= 15 is 4.39 Å². The second kappa shape index (κ2) is 8.90. The lowest BCUT2D eigenvalue weighted by atomic mass is 10.0. The van der Waals surface area contributed by atoms with Gasteiger partial charge in [-0.05, 0) is 48.6 Å². The number of pyridine rings is 1. The fourth-order valence-electron chi connectivity index (χ4n) is 4.26. The van der Waals surface area contributed by atoms with Gasteiger partial charge in [0, 0.05) is 23.7 Å². The van der Waals surface area contributed by atoms with Crippen LogP contribution in [0, 0.1) is 5.82 Å². The third-order valence-electron chi connectivity index (χ3n) is 6.26. The number of carbonyl (C=O) groups is 2. The predicted molar refractivity (Wildman–Crippen MR) is 130 cm³/mol. The number of esters is 1. The first-order valence-corrected chi connectivity index (χ1v) is 11.5. The zero-order chi connectivity index (χ0) is 24.7. The van der Waals surface area contributed by atoms with Crippen molar-refractivity contribution in [2.75, 3.05) is 29.5 Å². The van der Waals surface area contributed by atoms with E-state index in [1.54, 1.807) is 37.3 Å². The number of benzene rings is 2. The van der Waals surface area contributed by atoms with E-state index in [2.05, 4.69) is 4.98 Å². The van der Waals surface area contributed by atoms with Gasteiger partial charge in [-0.25, -0.2) is 9.37 Å². The number of hydrogen-bond donors (Lipinski definition) is 2. The molecule has 3 aromatic rings. The van der Waals surface area contributed by atoms with Crippen LogP contribution >= 0.6 is 0 Å². The summed E-state index contributed by atoms with van der Waals surface area (Å²) in [6.07, 6.45) is 3.60. The molecular weight excluding hydrogens is 451 g/mol. The minimum absolute atomic E-state index is 0.111. The van der Waals surface area contributed by atoms with Crippen LogP contribution < -0.4 is 25.8 Å². The van der Waals surface area contributed by atoms with Crippen molar-refractivity contribution in [1.29, 1.82) is 0 Å². The van der Waals surface area contributed by atoms with Crippen LogP contribution in [0.4, 0.5) is 21.6 Å². The number of para-hydroxylation sites is 1. The van der Waals surface area contributed by atoms with Crippen molar-refractivity contribution in [3.8, 4) is 22.6 Å². The lowest BCUT2D eigenvalue weighted by Gasteiger charge is -2.24. The van der Waals surface area contributed by atoms with Gasteiger partial charge in [0.1, 0.15) is 29.6 Å². The second-order valence-corrected chi connectivity index (χ2v) is 8.59. The average molecular weight is 477 g/mol. The smallest absolute Gasteiger partial charge is 0.310 e. The zero-order valence-electron chi connectivity index (χ0n) is 19.2. The van der Waals surface area contributed by atoms with E-state index in [0.717, 1.165) is 18.4 Å². The number of nitrogens with two attached hydrogens (primary N) is 2. The lowest BCUT2D eigenvalue weighted by molar-refractivity contribution is -0.133. The predicted octanol–water partition coefficient (Wildman–Crippen LogP) is 4.28. The summed E-state index contributed by atoms with van der Waals surface area (Å²) < 4.78 is 26.7. The Hall–Kier alpha value is -4.14. The highest BCUT2D eigenvalue weighted by Gasteiger charge is 2.33. The maximum atomic E-state index is 15.2. The molecular formula is C26H25FN4O4. The molecule has 1 amide bonds. The Morgan fingerprint density at radius 1 is 1.23 bits per heavy atom. The maximum Gasteiger partial charge on any atom is 0.310 e. The Labute approximate surface area is 201 Å². The normalized spacial score (nSPS) is 15.3. The molecule has 1 saturated carbocycles. The summed E-state index contributed by atoms with van der Waals surface area (Å²) in [7, 11) is 0. The monoisotopic (exact) mass is 476 g/mol. The number of nitrogens with zero attached hydrogens (tertiary/aromatic N) is 2. The SMILES string of the molecule is CCC(=O)Oc1c(-c2ccnc(N)c2N)cccc1N1CCOc2cc(C3CC3)cc(F)c2C1=O. The van der Waals surface area contributed by atoms with Gasteiger partial charge >= 0.3 is 5.97 Å². The number of anilines is 3. The summed E-state index contributed by atoms with van der Waals surface area (Å²) in [5.41, 5.74) is 14.2. The number of fused-ring (bicyclic) bond motifs is 1. The van der Waals surface area contributed by atoms with E-state index in [1.165, 1.54) is 17.2 Å². The van der Waals surface area contributed by atoms with E-state index in [0.29, 0.717) is 22.7 Å². The van der Waals surface area contributed by atoms with Crippen LogP contribution in [0.25, 0.3) is 11.1 Å². The van der Waals surface area contributed by atoms with Gasteiger partial charge in [-0.3, -0.25) is 9.59 Å². The molecule has 1 aromatic heterocycles. The van der Waals surface area contributed by atoms with Crippen LogP contribution in [0.1, 0.15) is 48.0 Å². The first-order chi connectivity index (χ1) is 16.9. The van der Waals surface area contributed by atoms with E-state index in [1.807, 2.05) is 0 Å². The zero-order valence-corrected chi connectivity index (χ0v) is 19.2. The number of amides is 1. The van der Waals surface area contributed by atoms with E-state index in [4.69, 9.17) is 20.9 Å². The summed E-state index contributed by atoms with van der Waals surface area (Å²) in [5, 5.41) is 0. The van der Waals surface area contributed by atoms with Crippen molar-refractivity contribution < 1.29 is 23.5 Å². The molecule has 9 heteroatoms. The highest BCUT2D eigenvalue weighted by molar-refractivity contribution is 6.10. The molecule has 0 spiro atoms. The molecule has 2 aliphatic rings. The summed E-state index contributed by atoms with van der Waals surface area (Å²) in [5.74, 6) is -0.915. The number of rotatable bonds is 5. The maximum absolute atomic E-state index is 15.2. The summed E-state index contributed by atoms with van der Waals surface area (Å²) in [6.45, 7) is 1.93. The molecule has 2 heterocycles. The van der Waals surface area contributed by atoms with Crippen LogP contribution in [-0.2, 0) is 4.79 Å². The molecule has 5 rings (SSSR count). The van der Waals surface area contributed by atoms with Crippen molar-refractivity contribution >= 4 is 29.1 Å². The number of carbonyl (C=O) groups excluding carboxylic acids is 2. The molecule has 2 aromatic carbocycles. The van der Waals surface area contributed by atoms with Gasteiger partial charge in [-0.2, -0.15) is 0 Å². The summed E-state index contributed by atoms with van der Waals surface area (Å²) >= 11 is 0. The molecule has 0 radical (unpaired) electrons. The topological polar surface area (TPSA) is 121 Å². The van der Waals surface area contributed by atoms with Crippen LogP contribution in [0.15, 0.2) is 42.6 Å². The van der Waals surface area contributed by atoms with Crippen LogP contribution in [0.2, 0.25) is 0 Å². The molecule has 0 atom stereocenters. The van der Waals surface area contributed by atoms with Gasteiger partial charge in [0.15, 0.2) is 5.75 Å². The van der Waals surface area contributed by atoms with E-state index in [9.17, 15) is 9.59 Å². The first kappa shape index (κ1) is 22.6. The van der Waals surface area contributed by atoms with Gasteiger partial charge < -0.3 is 25.8 Å². The van der Waals surface area contributed by atoms with E-state index in [-0.39, 0.29) is 48.1 Å². The molecule has 0 unspecified atom stereocenters. The number of ether oxygens (including phenoxy) is 2. The fourth-order valence-corrected chi connectivity index (χ4v) is 4.26. The highest BCUT2D eigenvalue weighted by atomic mass is 19.1. The Balaban J connectivity index is 1.64. The van der Waals surface area contributed by atoms with Crippen LogP contribution in [-0.4, -0.2) is 30.0 Å². The molecule has 8 nitrogen and oxygen atoms in total. The largest absolute Gasteiger partial charge is 0.491 e. The number of aromatic nitrogens is 1. The molecule has 180 valence electrons. The second-order valence-electron chi connectivity index (χ2n) is 8.59. The number of hydrogen-bond acceptors (Lipinski definition) is 7. The lowest BCUT2D eigenvalue weighted by Crippen LogP contribution is -2.33. The Bertz CT molecular complexity index is 1340. The Kier molecular flexibility index (Phi) is 5.76. The number of nitrogen functional groups attached to an aromatic ring is 2. The van der Waals surface area contributed by atoms with Gasteiger partial charge in [-0.15, -0.1) is 0 Å². The third kappa shape index (κ3) is 4.14. The molecule has 0 saturated heterocycles. The Morgan fingerprint density at radius 2 is 2.03 bits per heavy atom. The number of halogens is 1. The van der Waals surface area contributed by atoms with Crippen molar-refractivity contribution in [3.05, 3.63) is 59.5 Å². The standard InChI is InChI=1S/C26H25FN4O4/c1-2-21(32)35-24-17(16-8-9-30-25(29)23(16)28)4-3-5-19(24)31-10-11-34-20-13-15(14-6-7-14)12-18(27)22(20)26(31)33/h3-5,8-9,12-14H,2,6-7,10-11,28H2,1H3,(H2,29,30). The third-order valence-corrected chi connectivity index (χ3v) is 6.26.